The summed E-state index contributed by atoms with van der Waals surface area (Å²) < 4.78 is 0. The summed E-state index contributed by atoms with van der Waals surface area (Å²) in [7, 11) is 0. The Morgan fingerprint density at radius 2 is 1.77 bits per heavy atom. The molecule has 1 amide bonds. The normalized spacial score (nSPS) is 21.2. The van der Waals surface area contributed by atoms with Crippen LogP contribution in [0.5, 0.6) is 0 Å². The lowest BCUT2D eigenvalue weighted by Crippen LogP contribution is -3.29. The summed E-state index contributed by atoms with van der Waals surface area (Å²) in [5, 5.41) is 3.95. The van der Waals surface area contributed by atoms with E-state index in [0.29, 0.717) is 15.7 Å². The summed E-state index contributed by atoms with van der Waals surface area (Å²) in [5.74, 6) is -0.00395. The van der Waals surface area contributed by atoms with Crippen molar-refractivity contribution in [2.45, 2.75) is 19.5 Å². The summed E-state index contributed by atoms with van der Waals surface area (Å²) >= 11 is 12.1. The van der Waals surface area contributed by atoms with Gasteiger partial charge in [-0.1, -0.05) is 53.5 Å². The van der Waals surface area contributed by atoms with Crippen molar-refractivity contribution in [3.8, 4) is 0 Å². The van der Waals surface area contributed by atoms with Crippen LogP contribution in [-0.2, 0) is 11.3 Å². The van der Waals surface area contributed by atoms with Gasteiger partial charge >= 0.3 is 0 Å². The molecule has 0 saturated carbocycles. The van der Waals surface area contributed by atoms with Gasteiger partial charge in [0.05, 0.1) is 10.7 Å². The maximum absolute atomic E-state index is 12.6. The zero-order chi connectivity index (χ0) is 18.5. The minimum Gasteiger partial charge on any atom is -0.322 e. The van der Waals surface area contributed by atoms with Gasteiger partial charge < -0.3 is 15.1 Å². The number of piperazine rings is 1. The van der Waals surface area contributed by atoms with Crippen LogP contribution in [0.3, 0.4) is 0 Å². The maximum atomic E-state index is 12.6. The van der Waals surface area contributed by atoms with E-state index in [4.69, 9.17) is 23.2 Å². The summed E-state index contributed by atoms with van der Waals surface area (Å²) in [6.45, 7) is 7.16. The summed E-state index contributed by atoms with van der Waals surface area (Å²) in [6, 6.07) is 15.6. The van der Waals surface area contributed by atoms with Gasteiger partial charge in [-0.3, -0.25) is 4.79 Å². The number of quaternary nitrogens is 2. The molecule has 0 radical (unpaired) electrons. The molecule has 2 aromatic carbocycles. The summed E-state index contributed by atoms with van der Waals surface area (Å²) in [6.07, 6.45) is 0. The van der Waals surface area contributed by atoms with Crippen molar-refractivity contribution in [2.75, 3.05) is 31.5 Å². The highest BCUT2D eigenvalue weighted by molar-refractivity contribution is 6.36. The lowest BCUT2D eigenvalue weighted by atomic mass is 10.1. The fourth-order valence-corrected chi connectivity index (χ4v) is 3.89. The second kappa shape index (κ2) is 8.87. The molecule has 1 heterocycles. The van der Waals surface area contributed by atoms with Crippen LogP contribution in [0.1, 0.15) is 12.5 Å². The van der Waals surface area contributed by atoms with Crippen molar-refractivity contribution in [3.05, 3.63) is 64.1 Å². The Morgan fingerprint density at radius 3 is 2.42 bits per heavy atom. The molecular formula is C20H25Cl2N3O+2. The molecule has 2 aromatic rings. The predicted octanol–water partition coefficient (Wildman–Crippen LogP) is 1.30. The topological polar surface area (TPSA) is 38.0 Å². The number of benzene rings is 2. The van der Waals surface area contributed by atoms with E-state index in [1.807, 2.05) is 13.0 Å². The van der Waals surface area contributed by atoms with Crippen LogP contribution in [0, 0.1) is 0 Å². The second-order valence-corrected chi connectivity index (χ2v) is 7.75. The van der Waals surface area contributed by atoms with Gasteiger partial charge in [-0.05, 0) is 25.1 Å². The van der Waals surface area contributed by atoms with E-state index in [1.54, 1.807) is 23.1 Å². The molecule has 3 N–H and O–H groups in total. The molecule has 1 fully saturated rings. The first-order chi connectivity index (χ1) is 12.5. The van der Waals surface area contributed by atoms with Gasteiger partial charge in [0.15, 0.2) is 6.04 Å². The van der Waals surface area contributed by atoms with Gasteiger partial charge in [-0.15, -0.1) is 0 Å². The van der Waals surface area contributed by atoms with Crippen LogP contribution in [0.25, 0.3) is 0 Å². The van der Waals surface area contributed by atoms with Crippen molar-refractivity contribution < 1.29 is 14.6 Å². The molecule has 0 aromatic heterocycles. The molecular weight excluding hydrogens is 369 g/mol. The molecule has 1 aliphatic rings. The van der Waals surface area contributed by atoms with E-state index in [0.717, 1.165) is 32.7 Å². The van der Waals surface area contributed by atoms with Crippen LogP contribution < -0.4 is 15.1 Å². The molecule has 0 bridgehead atoms. The van der Waals surface area contributed by atoms with Crippen LogP contribution in [0.15, 0.2) is 48.5 Å². The van der Waals surface area contributed by atoms with Gasteiger partial charge in [0.2, 0.25) is 0 Å². The van der Waals surface area contributed by atoms with Crippen LogP contribution >= 0.6 is 23.2 Å². The monoisotopic (exact) mass is 393 g/mol. The number of hydrogen-bond donors (Lipinski definition) is 3. The van der Waals surface area contributed by atoms with E-state index in [9.17, 15) is 4.79 Å². The summed E-state index contributed by atoms with van der Waals surface area (Å²) in [4.78, 5) is 15.5. The third-order valence-electron chi connectivity index (χ3n) is 5.09. The van der Waals surface area contributed by atoms with E-state index in [2.05, 4.69) is 29.6 Å². The fraction of sp³-hybridized carbons (Fsp3) is 0.350. The SMILES string of the molecule is C[C@@H](C(=O)Nc1ccc(Cl)cc1Cl)[NH+]1CC[NH+](Cc2ccccc2)CC1. The smallest absolute Gasteiger partial charge is 0.282 e. The quantitative estimate of drug-likeness (QED) is 0.703. The van der Waals surface area contributed by atoms with E-state index >= 15 is 0 Å². The zero-order valence-corrected chi connectivity index (χ0v) is 16.4. The van der Waals surface area contributed by atoms with Crippen molar-refractivity contribution in [2.24, 2.45) is 0 Å². The Kier molecular flexibility index (Phi) is 6.54. The van der Waals surface area contributed by atoms with Crippen molar-refractivity contribution in [1.29, 1.82) is 0 Å². The minimum absolute atomic E-state index is 0.00395. The van der Waals surface area contributed by atoms with Crippen LogP contribution in [0.4, 0.5) is 5.69 Å². The number of nitrogens with one attached hydrogen (secondary N) is 3. The lowest BCUT2D eigenvalue weighted by Gasteiger charge is -2.32. The average Bonchev–Trinajstić information content (AvgIpc) is 2.65. The first kappa shape index (κ1) is 19.2. The van der Waals surface area contributed by atoms with Gasteiger partial charge in [0, 0.05) is 10.6 Å². The number of carbonyl (C=O) groups is 1. The molecule has 1 atom stereocenters. The highest BCUT2D eigenvalue weighted by Gasteiger charge is 2.31. The number of halogens is 2. The van der Waals surface area contributed by atoms with Crippen LogP contribution in [0.2, 0.25) is 10.0 Å². The maximum Gasteiger partial charge on any atom is 0.282 e. The standard InChI is InChI=1S/C20H23Cl2N3O/c1-15(20(26)23-19-8-7-17(21)13-18(19)22)25-11-9-24(10-12-25)14-16-5-3-2-4-6-16/h2-8,13,15H,9-12,14H2,1H3,(H,23,26)/p+2/t15-/m0/s1. The van der Waals surface area contributed by atoms with Crippen molar-refractivity contribution in [1.82, 2.24) is 0 Å². The Balaban J connectivity index is 1.51. The predicted molar refractivity (Wildman–Crippen MR) is 106 cm³/mol. The lowest BCUT2D eigenvalue weighted by molar-refractivity contribution is -1.02. The number of anilines is 1. The van der Waals surface area contributed by atoms with Gasteiger partial charge in [0.1, 0.15) is 32.7 Å². The number of rotatable bonds is 5. The molecule has 26 heavy (non-hydrogen) atoms. The Hall–Kier alpha value is -1.59. The molecule has 0 spiro atoms. The Bertz CT molecular complexity index is 746. The highest BCUT2D eigenvalue weighted by Crippen LogP contribution is 2.25. The molecule has 138 valence electrons. The number of hydrogen-bond acceptors (Lipinski definition) is 1. The van der Waals surface area contributed by atoms with Crippen molar-refractivity contribution >= 4 is 34.8 Å². The van der Waals surface area contributed by atoms with E-state index < -0.39 is 0 Å². The van der Waals surface area contributed by atoms with E-state index in [1.165, 1.54) is 10.5 Å². The molecule has 0 aliphatic carbocycles. The largest absolute Gasteiger partial charge is 0.322 e. The molecule has 1 saturated heterocycles. The first-order valence-electron chi connectivity index (χ1n) is 9.01. The fourth-order valence-electron chi connectivity index (χ4n) is 3.44. The Labute approximate surface area is 164 Å². The first-order valence-corrected chi connectivity index (χ1v) is 9.76. The molecule has 1 aliphatic heterocycles. The molecule has 6 heteroatoms. The van der Waals surface area contributed by atoms with Gasteiger partial charge in [-0.25, -0.2) is 0 Å². The molecule has 4 nitrogen and oxygen atoms in total. The Morgan fingerprint density at radius 1 is 1.08 bits per heavy atom. The number of carbonyl (C=O) groups excluding carboxylic acids is 1. The van der Waals surface area contributed by atoms with Gasteiger partial charge in [0.25, 0.3) is 5.91 Å². The van der Waals surface area contributed by atoms with Crippen molar-refractivity contribution in [3.63, 3.8) is 0 Å². The third-order valence-corrected chi connectivity index (χ3v) is 5.64. The average molecular weight is 394 g/mol. The second-order valence-electron chi connectivity index (χ2n) is 6.91. The van der Waals surface area contributed by atoms with Gasteiger partial charge in [-0.2, -0.15) is 0 Å². The molecule has 3 rings (SSSR count). The third kappa shape index (κ3) is 4.98. The highest BCUT2D eigenvalue weighted by atomic mass is 35.5. The molecule has 0 unspecified atom stereocenters. The zero-order valence-electron chi connectivity index (χ0n) is 14.9. The van der Waals surface area contributed by atoms with Crippen LogP contribution in [-0.4, -0.2) is 38.1 Å². The number of amides is 1. The summed E-state index contributed by atoms with van der Waals surface area (Å²) in [5.41, 5.74) is 1.98. The minimum atomic E-state index is -0.111. The van der Waals surface area contributed by atoms with E-state index in [-0.39, 0.29) is 11.9 Å².